The van der Waals surface area contributed by atoms with Crippen LogP contribution < -0.4 is 4.74 Å². The number of nitrogens with zero attached hydrogens (tertiary/aromatic N) is 2. The third-order valence-electron chi connectivity index (χ3n) is 2.88. The highest BCUT2D eigenvalue weighted by molar-refractivity contribution is 7.99. The third kappa shape index (κ3) is 2.57. The second kappa shape index (κ2) is 5.69. The molecule has 0 spiro atoms. The van der Waals surface area contributed by atoms with Gasteiger partial charge in [0.1, 0.15) is 10.8 Å². The number of hydrogen-bond donors (Lipinski definition) is 0. The predicted molar refractivity (Wildman–Crippen MR) is 81.7 cm³/mol. The number of methoxy groups -OCH3 is 1. The molecule has 20 heavy (non-hydrogen) atoms. The quantitative estimate of drug-likeness (QED) is 0.716. The van der Waals surface area contributed by atoms with Crippen LogP contribution in [0.3, 0.4) is 0 Å². The summed E-state index contributed by atoms with van der Waals surface area (Å²) in [5.41, 5.74) is 0. The van der Waals surface area contributed by atoms with Crippen LogP contribution in [0, 0.1) is 0 Å². The number of fused-ring (bicyclic) bond motifs is 1. The monoisotopic (exact) mass is 302 g/mol. The minimum atomic E-state index is 0.430. The molecule has 0 radical (unpaired) electrons. The Labute approximate surface area is 125 Å². The van der Waals surface area contributed by atoms with Gasteiger partial charge >= 0.3 is 0 Å². The van der Waals surface area contributed by atoms with Crippen molar-refractivity contribution in [3.63, 3.8) is 0 Å². The van der Waals surface area contributed by atoms with E-state index in [0.717, 1.165) is 26.4 Å². The van der Waals surface area contributed by atoms with Gasteiger partial charge in [-0.25, -0.2) is 0 Å². The maximum atomic E-state index is 6.07. The summed E-state index contributed by atoms with van der Waals surface area (Å²) in [5, 5.41) is 11.4. The number of aromatic nitrogens is 2. The van der Waals surface area contributed by atoms with Crippen LogP contribution in [0.15, 0.2) is 58.5 Å². The fourth-order valence-corrected chi connectivity index (χ4v) is 2.94. The lowest BCUT2D eigenvalue weighted by atomic mass is 10.2. The molecule has 0 aliphatic carbocycles. The smallest absolute Gasteiger partial charge is 0.159 e. The summed E-state index contributed by atoms with van der Waals surface area (Å²) < 4.78 is 5.15. The molecule has 0 saturated heterocycles. The Hall–Kier alpha value is -1.78. The molecule has 3 rings (SSSR count). The fraction of sp³-hybridized carbons (Fsp3) is 0.0667. The zero-order valence-corrected chi connectivity index (χ0v) is 12.3. The Balaban J connectivity index is 2.00. The molecule has 0 saturated carbocycles. The van der Waals surface area contributed by atoms with Crippen LogP contribution in [0.4, 0.5) is 0 Å². The molecule has 2 aromatic carbocycles. The van der Waals surface area contributed by atoms with Crippen molar-refractivity contribution in [1.29, 1.82) is 0 Å². The predicted octanol–water partition coefficient (Wildman–Crippen LogP) is 4.44. The van der Waals surface area contributed by atoms with Crippen LogP contribution in [0.2, 0.25) is 5.15 Å². The van der Waals surface area contributed by atoms with E-state index in [9.17, 15) is 0 Å². The standard InChI is InChI=1S/C15H11ClN2OS/c1-19-10-6-8-11(9-7-10)20-15-13-5-3-2-4-12(13)14(16)17-18-15/h2-9H,1H3. The molecule has 0 aliphatic rings. The SMILES string of the molecule is COc1ccc(Sc2nnc(Cl)c3ccccc23)cc1. The Morgan fingerprint density at radius 2 is 1.65 bits per heavy atom. The van der Waals surface area contributed by atoms with E-state index in [-0.39, 0.29) is 0 Å². The van der Waals surface area contributed by atoms with Crippen molar-refractivity contribution in [2.45, 2.75) is 9.92 Å². The highest BCUT2D eigenvalue weighted by atomic mass is 35.5. The number of hydrogen-bond acceptors (Lipinski definition) is 4. The van der Waals surface area contributed by atoms with Crippen molar-refractivity contribution in [2.24, 2.45) is 0 Å². The van der Waals surface area contributed by atoms with E-state index in [2.05, 4.69) is 10.2 Å². The second-order valence-electron chi connectivity index (χ2n) is 4.12. The number of rotatable bonds is 3. The molecule has 0 atom stereocenters. The van der Waals surface area contributed by atoms with E-state index in [0.29, 0.717) is 5.15 Å². The Morgan fingerprint density at radius 3 is 2.35 bits per heavy atom. The molecule has 3 aromatic rings. The van der Waals surface area contributed by atoms with Crippen molar-refractivity contribution in [2.75, 3.05) is 7.11 Å². The third-order valence-corrected chi connectivity index (χ3v) is 4.16. The van der Waals surface area contributed by atoms with E-state index in [1.54, 1.807) is 18.9 Å². The lowest BCUT2D eigenvalue weighted by Gasteiger charge is -2.06. The largest absolute Gasteiger partial charge is 0.497 e. The lowest BCUT2D eigenvalue weighted by Crippen LogP contribution is -1.89. The Bertz CT molecular complexity index is 746. The van der Waals surface area contributed by atoms with Gasteiger partial charge in [-0.3, -0.25) is 0 Å². The van der Waals surface area contributed by atoms with Gasteiger partial charge in [-0.2, -0.15) is 0 Å². The van der Waals surface area contributed by atoms with Crippen LogP contribution in [0.5, 0.6) is 5.75 Å². The van der Waals surface area contributed by atoms with E-state index in [1.165, 1.54) is 0 Å². The molecule has 1 aromatic heterocycles. The van der Waals surface area contributed by atoms with Crippen molar-refractivity contribution in [3.05, 3.63) is 53.7 Å². The van der Waals surface area contributed by atoms with E-state index in [4.69, 9.17) is 16.3 Å². The van der Waals surface area contributed by atoms with Gasteiger partial charge in [0.25, 0.3) is 0 Å². The highest BCUT2D eigenvalue weighted by Crippen LogP contribution is 2.33. The number of ether oxygens (including phenoxy) is 1. The van der Waals surface area contributed by atoms with Crippen molar-refractivity contribution >= 4 is 34.1 Å². The van der Waals surface area contributed by atoms with Gasteiger partial charge in [0, 0.05) is 15.7 Å². The van der Waals surface area contributed by atoms with Gasteiger partial charge < -0.3 is 4.74 Å². The molecule has 0 unspecified atom stereocenters. The van der Waals surface area contributed by atoms with Crippen LogP contribution in [0.1, 0.15) is 0 Å². The molecule has 1 heterocycles. The maximum absolute atomic E-state index is 6.07. The molecule has 100 valence electrons. The molecule has 0 fully saturated rings. The second-order valence-corrected chi connectivity index (χ2v) is 5.54. The first-order valence-electron chi connectivity index (χ1n) is 6.01. The van der Waals surface area contributed by atoms with Gasteiger partial charge in [-0.05, 0) is 24.3 Å². The normalized spacial score (nSPS) is 10.7. The van der Waals surface area contributed by atoms with Gasteiger partial charge in [0.05, 0.1) is 7.11 Å². The van der Waals surface area contributed by atoms with Crippen molar-refractivity contribution in [3.8, 4) is 5.75 Å². The first-order valence-corrected chi connectivity index (χ1v) is 7.20. The molecule has 0 amide bonds. The van der Waals surface area contributed by atoms with Gasteiger partial charge in [0.15, 0.2) is 5.15 Å². The fourth-order valence-electron chi connectivity index (χ4n) is 1.88. The van der Waals surface area contributed by atoms with Crippen molar-refractivity contribution in [1.82, 2.24) is 10.2 Å². The molecule has 3 nitrogen and oxygen atoms in total. The van der Waals surface area contributed by atoms with Crippen molar-refractivity contribution < 1.29 is 4.74 Å². The Morgan fingerprint density at radius 1 is 0.950 bits per heavy atom. The maximum Gasteiger partial charge on any atom is 0.159 e. The molecule has 0 bridgehead atoms. The zero-order valence-electron chi connectivity index (χ0n) is 10.7. The summed E-state index contributed by atoms with van der Waals surface area (Å²) in [5.74, 6) is 0.835. The first kappa shape index (κ1) is 13.2. The minimum Gasteiger partial charge on any atom is -0.497 e. The van der Waals surface area contributed by atoms with E-state index < -0.39 is 0 Å². The molecule has 0 N–H and O–H groups in total. The van der Waals surface area contributed by atoms with Crippen LogP contribution in [0.25, 0.3) is 10.8 Å². The molecule has 5 heteroatoms. The average molecular weight is 303 g/mol. The van der Waals surface area contributed by atoms with Crippen LogP contribution in [-0.4, -0.2) is 17.3 Å². The molecular formula is C15H11ClN2OS. The zero-order chi connectivity index (χ0) is 13.9. The van der Waals surface area contributed by atoms with Crippen LogP contribution >= 0.6 is 23.4 Å². The van der Waals surface area contributed by atoms with Gasteiger partial charge in [-0.1, -0.05) is 47.6 Å². The lowest BCUT2D eigenvalue weighted by molar-refractivity contribution is 0.414. The van der Waals surface area contributed by atoms with E-state index >= 15 is 0 Å². The molecule has 0 aliphatic heterocycles. The summed E-state index contributed by atoms with van der Waals surface area (Å²) in [4.78, 5) is 1.08. The number of halogens is 1. The summed E-state index contributed by atoms with van der Waals surface area (Å²) in [6.45, 7) is 0. The molecular weight excluding hydrogens is 292 g/mol. The van der Waals surface area contributed by atoms with Crippen LogP contribution in [-0.2, 0) is 0 Å². The summed E-state index contributed by atoms with van der Waals surface area (Å²) >= 11 is 7.63. The average Bonchev–Trinajstić information content (AvgIpc) is 2.51. The van der Waals surface area contributed by atoms with Gasteiger partial charge in [-0.15, -0.1) is 10.2 Å². The minimum absolute atomic E-state index is 0.430. The van der Waals surface area contributed by atoms with E-state index in [1.807, 2.05) is 48.5 Å². The summed E-state index contributed by atoms with van der Waals surface area (Å²) in [7, 11) is 1.65. The Kier molecular flexibility index (Phi) is 3.76. The summed E-state index contributed by atoms with van der Waals surface area (Å²) in [6, 6.07) is 15.7. The number of benzene rings is 2. The topological polar surface area (TPSA) is 35.0 Å². The van der Waals surface area contributed by atoms with Gasteiger partial charge in [0.2, 0.25) is 0 Å². The highest BCUT2D eigenvalue weighted by Gasteiger charge is 2.08. The first-order chi connectivity index (χ1) is 9.78. The summed E-state index contributed by atoms with van der Waals surface area (Å²) in [6.07, 6.45) is 0.